The van der Waals surface area contributed by atoms with Crippen LogP contribution in [0.4, 0.5) is 5.69 Å². The van der Waals surface area contributed by atoms with Crippen LogP contribution in [-0.2, 0) is 0 Å². The molecule has 1 aliphatic carbocycles. The summed E-state index contributed by atoms with van der Waals surface area (Å²) in [7, 11) is 0. The van der Waals surface area contributed by atoms with E-state index in [0.717, 1.165) is 17.0 Å². The van der Waals surface area contributed by atoms with Crippen molar-refractivity contribution in [2.24, 2.45) is 5.10 Å². The van der Waals surface area contributed by atoms with Crippen molar-refractivity contribution in [2.45, 2.75) is 45.1 Å². The van der Waals surface area contributed by atoms with Gasteiger partial charge in [0.15, 0.2) is 0 Å². The first-order chi connectivity index (χ1) is 10.2. The Bertz CT molecular complexity index is 592. The Morgan fingerprint density at radius 2 is 2.00 bits per heavy atom. The van der Waals surface area contributed by atoms with E-state index >= 15 is 0 Å². The number of rotatable bonds is 3. The molecular formula is C18H23N3. The molecule has 21 heavy (non-hydrogen) atoms. The van der Waals surface area contributed by atoms with E-state index < -0.39 is 0 Å². The van der Waals surface area contributed by atoms with Crippen LogP contribution in [0.2, 0.25) is 0 Å². The van der Waals surface area contributed by atoms with Crippen molar-refractivity contribution < 1.29 is 0 Å². The van der Waals surface area contributed by atoms with Crippen LogP contribution in [0.25, 0.3) is 0 Å². The van der Waals surface area contributed by atoms with Gasteiger partial charge in [-0.15, -0.1) is 0 Å². The number of hydrogen-bond donors (Lipinski definition) is 2. The molecule has 1 fully saturated rings. The zero-order valence-electron chi connectivity index (χ0n) is 12.7. The fraction of sp³-hybridized carbons (Fsp3) is 0.389. The maximum absolute atomic E-state index is 4.33. The maximum Gasteiger partial charge on any atom is 0.0906 e. The third kappa shape index (κ3) is 3.35. The van der Waals surface area contributed by atoms with Crippen LogP contribution >= 0.6 is 0 Å². The van der Waals surface area contributed by atoms with E-state index in [2.05, 4.69) is 47.5 Å². The van der Waals surface area contributed by atoms with Gasteiger partial charge < -0.3 is 5.32 Å². The summed E-state index contributed by atoms with van der Waals surface area (Å²) in [6.07, 6.45) is 10.6. The van der Waals surface area contributed by atoms with Crippen LogP contribution in [0.1, 0.15) is 43.2 Å². The molecule has 1 aromatic carbocycles. The van der Waals surface area contributed by atoms with Gasteiger partial charge in [-0.2, -0.15) is 5.10 Å². The molecule has 3 rings (SSSR count). The van der Waals surface area contributed by atoms with Crippen molar-refractivity contribution in [3.05, 3.63) is 53.8 Å². The SMILES string of the molecule is C=C1C=CC(c2ccc(NC3CCCCC3)c(C)c2)=NN1. The molecule has 3 nitrogen and oxygen atoms in total. The molecule has 1 aromatic rings. The van der Waals surface area contributed by atoms with Gasteiger partial charge in [-0.25, -0.2) is 0 Å². The minimum Gasteiger partial charge on any atom is -0.382 e. The van der Waals surface area contributed by atoms with Crippen LogP contribution in [0.3, 0.4) is 0 Å². The second kappa shape index (κ2) is 6.17. The van der Waals surface area contributed by atoms with E-state index in [4.69, 9.17) is 0 Å². The average molecular weight is 281 g/mol. The molecule has 2 aliphatic rings. The van der Waals surface area contributed by atoms with Crippen molar-refractivity contribution in [3.8, 4) is 0 Å². The number of anilines is 1. The Kier molecular flexibility index (Phi) is 4.09. The normalized spacial score (nSPS) is 19.1. The highest BCUT2D eigenvalue weighted by atomic mass is 15.3. The van der Waals surface area contributed by atoms with Crippen molar-refractivity contribution in [1.29, 1.82) is 0 Å². The summed E-state index contributed by atoms with van der Waals surface area (Å²) in [5.74, 6) is 0. The molecule has 0 radical (unpaired) electrons. The molecule has 0 amide bonds. The Hall–Kier alpha value is -2.03. The van der Waals surface area contributed by atoms with Crippen LogP contribution in [-0.4, -0.2) is 11.8 Å². The number of benzene rings is 1. The first-order valence-corrected chi connectivity index (χ1v) is 7.80. The lowest BCUT2D eigenvalue weighted by Gasteiger charge is -2.25. The van der Waals surface area contributed by atoms with E-state index in [1.807, 2.05) is 12.2 Å². The quantitative estimate of drug-likeness (QED) is 0.874. The molecule has 3 heteroatoms. The summed E-state index contributed by atoms with van der Waals surface area (Å²) in [5, 5.41) is 8.03. The van der Waals surface area contributed by atoms with Gasteiger partial charge >= 0.3 is 0 Å². The number of allylic oxidation sites excluding steroid dienone is 2. The van der Waals surface area contributed by atoms with Gasteiger partial charge in [0, 0.05) is 23.0 Å². The number of nitrogens with one attached hydrogen (secondary N) is 2. The lowest BCUT2D eigenvalue weighted by Crippen LogP contribution is -2.22. The summed E-state index contributed by atoms with van der Waals surface area (Å²) in [5.41, 5.74) is 8.37. The molecule has 0 spiro atoms. The molecule has 110 valence electrons. The van der Waals surface area contributed by atoms with E-state index in [0.29, 0.717) is 6.04 Å². The number of hydrogen-bond acceptors (Lipinski definition) is 3. The summed E-state index contributed by atoms with van der Waals surface area (Å²) in [6, 6.07) is 7.15. The Morgan fingerprint density at radius 1 is 1.19 bits per heavy atom. The molecule has 0 atom stereocenters. The minimum atomic E-state index is 0.639. The molecule has 1 heterocycles. The third-order valence-electron chi connectivity index (χ3n) is 4.25. The minimum absolute atomic E-state index is 0.639. The Labute approximate surface area is 126 Å². The van der Waals surface area contributed by atoms with Crippen molar-refractivity contribution in [1.82, 2.24) is 5.43 Å². The predicted molar refractivity (Wildman–Crippen MR) is 89.6 cm³/mol. The fourth-order valence-corrected chi connectivity index (χ4v) is 3.00. The Balaban J connectivity index is 1.73. The van der Waals surface area contributed by atoms with E-state index in [1.165, 1.54) is 43.4 Å². The van der Waals surface area contributed by atoms with E-state index in [1.54, 1.807) is 0 Å². The third-order valence-corrected chi connectivity index (χ3v) is 4.25. The van der Waals surface area contributed by atoms with Crippen molar-refractivity contribution in [2.75, 3.05) is 5.32 Å². The zero-order chi connectivity index (χ0) is 14.7. The van der Waals surface area contributed by atoms with E-state index in [9.17, 15) is 0 Å². The largest absolute Gasteiger partial charge is 0.382 e. The highest BCUT2D eigenvalue weighted by molar-refractivity contribution is 6.09. The van der Waals surface area contributed by atoms with Crippen LogP contribution in [0, 0.1) is 6.92 Å². The molecule has 1 saturated carbocycles. The molecule has 0 aromatic heterocycles. The van der Waals surface area contributed by atoms with Gasteiger partial charge in [0.05, 0.1) is 5.71 Å². The molecule has 0 saturated heterocycles. The highest BCUT2D eigenvalue weighted by Gasteiger charge is 2.14. The second-order valence-corrected chi connectivity index (χ2v) is 5.98. The second-order valence-electron chi connectivity index (χ2n) is 5.98. The van der Waals surface area contributed by atoms with Crippen LogP contribution in [0.15, 0.2) is 47.7 Å². The molecule has 0 bridgehead atoms. The fourth-order valence-electron chi connectivity index (χ4n) is 3.00. The lowest BCUT2D eigenvalue weighted by molar-refractivity contribution is 0.462. The highest BCUT2D eigenvalue weighted by Crippen LogP contribution is 2.24. The first-order valence-electron chi connectivity index (χ1n) is 7.80. The van der Waals surface area contributed by atoms with Gasteiger partial charge in [0.25, 0.3) is 0 Å². The first kappa shape index (κ1) is 13.9. The Morgan fingerprint density at radius 3 is 2.67 bits per heavy atom. The van der Waals surface area contributed by atoms with Gasteiger partial charge in [0.1, 0.15) is 0 Å². The summed E-state index contributed by atoms with van der Waals surface area (Å²) in [4.78, 5) is 0. The van der Waals surface area contributed by atoms with Crippen LogP contribution < -0.4 is 10.7 Å². The van der Waals surface area contributed by atoms with Crippen molar-refractivity contribution in [3.63, 3.8) is 0 Å². The molecule has 0 unspecified atom stereocenters. The van der Waals surface area contributed by atoms with Gasteiger partial charge in [-0.05, 0) is 49.6 Å². The van der Waals surface area contributed by atoms with Crippen molar-refractivity contribution >= 4 is 11.4 Å². The monoisotopic (exact) mass is 281 g/mol. The standard InChI is InChI=1S/C18H23N3/c1-13-12-15(18-10-8-14(2)20-21-18)9-11-17(13)19-16-6-4-3-5-7-16/h8-12,16,19-20H,2-7H2,1H3. The summed E-state index contributed by atoms with van der Waals surface area (Å²) >= 11 is 0. The smallest absolute Gasteiger partial charge is 0.0906 e. The maximum atomic E-state index is 4.33. The van der Waals surface area contributed by atoms with Crippen LogP contribution in [0.5, 0.6) is 0 Å². The number of hydrazone groups is 1. The average Bonchev–Trinajstić information content (AvgIpc) is 2.51. The molecular weight excluding hydrogens is 258 g/mol. The number of aryl methyl sites for hydroxylation is 1. The predicted octanol–water partition coefficient (Wildman–Crippen LogP) is 4.12. The summed E-state index contributed by atoms with van der Waals surface area (Å²) in [6.45, 7) is 5.98. The van der Waals surface area contributed by atoms with Gasteiger partial charge in [0.2, 0.25) is 0 Å². The summed E-state index contributed by atoms with van der Waals surface area (Å²) < 4.78 is 0. The molecule has 1 aliphatic heterocycles. The van der Waals surface area contributed by atoms with Gasteiger partial charge in [-0.1, -0.05) is 31.9 Å². The van der Waals surface area contributed by atoms with Gasteiger partial charge in [-0.3, -0.25) is 5.43 Å². The number of nitrogens with zero attached hydrogens (tertiary/aromatic N) is 1. The lowest BCUT2D eigenvalue weighted by atomic mass is 9.95. The topological polar surface area (TPSA) is 36.4 Å². The molecule has 2 N–H and O–H groups in total. The van der Waals surface area contributed by atoms with E-state index in [-0.39, 0.29) is 0 Å². The zero-order valence-corrected chi connectivity index (χ0v) is 12.7.